The predicted molar refractivity (Wildman–Crippen MR) is 66.4 cm³/mol. The second-order valence-corrected chi connectivity index (χ2v) is 5.64. The van der Waals surface area contributed by atoms with Gasteiger partial charge < -0.3 is 5.32 Å². The average Bonchev–Trinajstić information content (AvgIpc) is 2.24. The van der Waals surface area contributed by atoms with Gasteiger partial charge in [0.15, 0.2) is 0 Å². The lowest BCUT2D eigenvalue weighted by Crippen LogP contribution is -2.30. The van der Waals surface area contributed by atoms with Gasteiger partial charge in [0.1, 0.15) is 5.82 Å². The summed E-state index contributed by atoms with van der Waals surface area (Å²) < 4.78 is 0. The molecule has 3 nitrogen and oxygen atoms in total. The monoisotopic (exact) mass is 219 g/mol. The summed E-state index contributed by atoms with van der Waals surface area (Å²) in [4.78, 5) is 0. The van der Waals surface area contributed by atoms with Crippen LogP contribution in [0, 0.1) is 12.3 Å². The first-order valence-electron chi connectivity index (χ1n) is 6.12. The minimum Gasteiger partial charge on any atom is -0.366 e. The van der Waals surface area contributed by atoms with Crippen LogP contribution in [0.5, 0.6) is 0 Å². The molecule has 1 N–H and O–H groups in total. The fraction of sp³-hybridized carbons (Fsp3) is 0.692. The van der Waals surface area contributed by atoms with E-state index in [9.17, 15) is 0 Å². The molecule has 1 aliphatic carbocycles. The number of nitrogens with zero attached hydrogens (tertiary/aromatic N) is 2. The van der Waals surface area contributed by atoms with Crippen LogP contribution in [-0.2, 0) is 0 Å². The van der Waals surface area contributed by atoms with Gasteiger partial charge in [-0.05, 0) is 50.2 Å². The molecule has 1 aromatic heterocycles. The van der Waals surface area contributed by atoms with Gasteiger partial charge in [-0.2, -0.15) is 5.10 Å². The molecule has 0 spiro atoms. The predicted octanol–water partition coefficient (Wildman–Crippen LogP) is 3.17. The number of anilines is 1. The van der Waals surface area contributed by atoms with Crippen molar-refractivity contribution in [3.05, 3.63) is 17.8 Å². The molecule has 0 aromatic carbocycles. The third-order valence-electron chi connectivity index (χ3n) is 3.49. The number of hydrogen-bond acceptors (Lipinski definition) is 3. The van der Waals surface area contributed by atoms with Gasteiger partial charge in [0.05, 0.1) is 5.69 Å². The highest BCUT2D eigenvalue weighted by atomic mass is 15.2. The van der Waals surface area contributed by atoms with Crippen LogP contribution in [0.4, 0.5) is 5.82 Å². The lowest BCUT2D eigenvalue weighted by molar-refractivity contribution is 0.232. The Bertz CT molecular complexity index is 333. The average molecular weight is 219 g/mol. The van der Waals surface area contributed by atoms with E-state index in [1.807, 2.05) is 19.1 Å². The van der Waals surface area contributed by atoms with Crippen LogP contribution < -0.4 is 5.32 Å². The van der Waals surface area contributed by atoms with E-state index in [0.717, 1.165) is 11.5 Å². The van der Waals surface area contributed by atoms with Crippen molar-refractivity contribution in [1.82, 2.24) is 10.2 Å². The number of aromatic nitrogens is 2. The van der Waals surface area contributed by atoms with Crippen molar-refractivity contribution in [1.29, 1.82) is 0 Å². The largest absolute Gasteiger partial charge is 0.366 e. The zero-order valence-electron chi connectivity index (χ0n) is 10.5. The van der Waals surface area contributed by atoms with Gasteiger partial charge in [-0.25, -0.2) is 0 Å². The van der Waals surface area contributed by atoms with E-state index in [0.29, 0.717) is 11.5 Å². The number of aryl methyl sites for hydroxylation is 1. The minimum absolute atomic E-state index is 0.525. The quantitative estimate of drug-likeness (QED) is 0.830. The zero-order valence-corrected chi connectivity index (χ0v) is 10.5. The topological polar surface area (TPSA) is 37.8 Å². The third kappa shape index (κ3) is 2.94. The molecule has 0 saturated heterocycles. The molecule has 3 heteroatoms. The number of nitrogens with one attached hydrogen (secondary N) is 1. The molecule has 0 atom stereocenters. The molecule has 2 rings (SSSR count). The highest BCUT2D eigenvalue weighted by Crippen LogP contribution is 2.35. The normalized spacial score (nSPS) is 20.7. The van der Waals surface area contributed by atoms with Crippen LogP contribution >= 0.6 is 0 Å². The van der Waals surface area contributed by atoms with Crippen LogP contribution in [0.3, 0.4) is 0 Å². The van der Waals surface area contributed by atoms with Gasteiger partial charge in [-0.15, -0.1) is 5.10 Å². The smallest absolute Gasteiger partial charge is 0.148 e. The van der Waals surface area contributed by atoms with Crippen LogP contribution in [-0.4, -0.2) is 16.2 Å². The second kappa shape index (κ2) is 4.40. The van der Waals surface area contributed by atoms with Crippen LogP contribution in [0.25, 0.3) is 0 Å². The fourth-order valence-electron chi connectivity index (χ4n) is 2.23. The number of hydrogen-bond donors (Lipinski definition) is 1. The molecular weight excluding hydrogens is 198 g/mol. The summed E-state index contributed by atoms with van der Waals surface area (Å²) in [5.74, 6) is 0.912. The Balaban J connectivity index is 1.89. The van der Waals surface area contributed by atoms with Gasteiger partial charge in [-0.3, -0.25) is 0 Å². The summed E-state index contributed by atoms with van der Waals surface area (Å²) in [6.07, 6.45) is 5.07. The molecule has 0 aliphatic heterocycles. The molecule has 16 heavy (non-hydrogen) atoms. The van der Waals surface area contributed by atoms with Crippen molar-refractivity contribution >= 4 is 5.82 Å². The molecule has 1 aliphatic rings. The van der Waals surface area contributed by atoms with Gasteiger partial charge in [0.2, 0.25) is 0 Å². The summed E-state index contributed by atoms with van der Waals surface area (Å²) >= 11 is 0. The molecule has 1 saturated carbocycles. The van der Waals surface area contributed by atoms with E-state index < -0.39 is 0 Å². The zero-order chi connectivity index (χ0) is 11.6. The van der Waals surface area contributed by atoms with Crippen LogP contribution in [0.2, 0.25) is 0 Å². The Kier molecular flexibility index (Phi) is 3.13. The van der Waals surface area contributed by atoms with E-state index in [2.05, 4.69) is 29.4 Å². The van der Waals surface area contributed by atoms with Crippen molar-refractivity contribution in [3.8, 4) is 0 Å². The number of rotatable bonds is 2. The Morgan fingerprint density at radius 1 is 1.19 bits per heavy atom. The Labute approximate surface area is 97.7 Å². The van der Waals surface area contributed by atoms with Gasteiger partial charge in [0.25, 0.3) is 0 Å². The molecular formula is C13H21N3. The summed E-state index contributed by atoms with van der Waals surface area (Å²) in [5, 5.41) is 11.7. The summed E-state index contributed by atoms with van der Waals surface area (Å²) in [6, 6.07) is 4.59. The first-order valence-corrected chi connectivity index (χ1v) is 6.12. The van der Waals surface area contributed by atoms with Crippen molar-refractivity contribution in [2.75, 3.05) is 5.32 Å². The summed E-state index contributed by atoms with van der Waals surface area (Å²) in [6.45, 7) is 6.67. The van der Waals surface area contributed by atoms with Crippen LogP contribution in [0.15, 0.2) is 12.1 Å². The van der Waals surface area contributed by atoms with Crippen LogP contribution in [0.1, 0.15) is 45.2 Å². The first kappa shape index (κ1) is 11.4. The van der Waals surface area contributed by atoms with Crippen molar-refractivity contribution in [3.63, 3.8) is 0 Å². The molecule has 0 bridgehead atoms. The lowest BCUT2D eigenvalue weighted by atomic mass is 9.75. The Morgan fingerprint density at radius 3 is 2.44 bits per heavy atom. The molecule has 0 unspecified atom stereocenters. The van der Waals surface area contributed by atoms with Crippen molar-refractivity contribution in [2.45, 2.75) is 52.5 Å². The van der Waals surface area contributed by atoms with Gasteiger partial charge in [-0.1, -0.05) is 13.8 Å². The Morgan fingerprint density at radius 2 is 1.88 bits per heavy atom. The molecule has 1 fully saturated rings. The first-order chi connectivity index (χ1) is 7.55. The maximum Gasteiger partial charge on any atom is 0.148 e. The standard InChI is InChI=1S/C13H21N3/c1-10-4-5-12(16-15-10)14-11-6-8-13(2,3)9-7-11/h4-5,11H,6-9H2,1-3H3,(H,14,16). The van der Waals surface area contributed by atoms with E-state index in [1.165, 1.54) is 25.7 Å². The summed E-state index contributed by atoms with van der Waals surface area (Å²) in [7, 11) is 0. The second-order valence-electron chi connectivity index (χ2n) is 5.64. The van der Waals surface area contributed by atoms with E-state index in [-0.39, 0.29) is 0 Å². The van der Waals surface area contributed by atoms with E-state index in [1.54, 1.807) is 0 Å². The lowest BCUT2D eigenvalue weighted by Gasteiger charge is -2.34. The molecule has 0 radical (unpaired) electrons. The highest BCUT2D eigenvalue weighted by molar-refractivity contribution is 5.34. The molecule has 1 heterocycles. The van der Waals surface area contributed by atoms with E-state index >= 15 is 0 Å². The minimum atomic E-state index is 0.525. The Hall–Kier alpha value is -1.12. The summed E-state index contributed by atoms with van der Waals surface area (Å²) in [5.41, 5.74) is 1.49. The van der Waals surface area contributed by atoms with E-state index in [4.69, 9.17) is 0 Å². The SMILES string of the molecule is Cc1ccc(NC2CCC(C)(C)CC2)nn1. The third-order valence-corrected chi connectivity index (χ3v) is 3.49. The maximum atomic E-state index is 4.15. The molecule has 1 aromatic rings. The maximum absolute atomic E-state index is 4.15. The fourth-order valence-corrected chi connectivity index (χ4v) is 2.23. The molecule has 88 valence electrons. The van der Waals surface area contributed by atoms with Crippen molar-refractivity contribution < 1.29 is 0 Å². The van der Waals surface area contributed by atoms with Crippen molar-refractivity contribution in [2.24, 2.45) is 5.41 Å². The molecule has 0 amide bonds. The van der Waals surface area contributed by atoms with Gasteiger partial charge >= 0.3 is 0 Å². The van der Waals surface area contributed by atoms with Gasteiger partial charge in [0, 0.05) is 6.04 Å². The highest BCUT2D eigenvalue weighted by Gasteiger charge is 2.26.